The largest absolute Gasteiger partial charge is 0.481 e. The summed E-state index contributed by atoms with van der Waals surface area (Å²) in [4.78, 5) is 29.4. The zero-order valence-corrected chi connectivity index (χ0v) is 16.0. The lowest BCUT2D eigenvalue weighted by atomic mass is 10.2. The third-order valence-corrected chi connectivity index (χ3v) is 5.92. The normalized spacial score (nSPS) is 16.2. The zero-order chi connectivity index (χ0) is 18.1. The van der Waals surface area contributed by atoms with Gasteiger partial charge in [-0.05, 0) is 31.6 Å². The number of thioether (sulfide) groups is 1. The maximum atomic E-state index is 12.5. The molecular formula is C16H15N3O3S3. The average molecular weight is 394 g/mol. The summed E-state index contributed by atoms with van der Waals surface area (Å²) in [5.74, 6) is -1.19. The molecule has 0 aromatic carbocycles. The highest BCUT2D eigenvalue weighted by molar-refractivity contribution is 8.26. The van der Waals surface area contributed by atoms with Crippen LogP contribution in [-0.4, -0.2) is 42.3 Å². The van der Waals surface area contributed by atoms with E-state index in [0.717, 1.165) is 22.1 Å². The molecule has 2 aromatic rings. The van der Waals surface area contributed by atoms with Gasteiger partial charge in [0.15, 0.2) is 5.13 Å². The molecule has 1 aliphatic rings. The van der Waals surface area contributed by atoms with Gasteiger partial charge in [0, 0.05) is 29.5 Å². The fraction of sp³-hybridized carbons (Fsp3) is 0.250. The number of carboxylic acid groups (broad SMARTS) is 1. The molecule has 1 aliphatic heterocycles. The van der Waals surface area contributed by atoms with E-state index in [1.165, 1.54) is 16.7 Å². The van der Waals surface area contributed by atoms with Crippen molar-refractivity contribution in [3.05, 3.63) is 39.5 Å². The summed E-state index contributed by atoms with van der Waals surface area (Å²) in [7, 11) is 0. The molecule has 6 nitrogen and oxygen atoms in total. The Morgan fingerprint density at radius 3 is 2.84 bits per heavy atom. The maximum Gasteiger partial charge on any atom is 0.305 e. The van der Waals surface area contributed by atoms with Crippen LogP contribution in [0.2, 0.25) is 0 Å². The van der Waals surface area contributed by atoms with Crippen molar-refractivity contribution < 1.29 is 14.7 Å². The number of amides is 1. The lowest BCUT2D eigenvalue weighted by molar-refractivity contribution is -0.137. The summed E-state index contributed by atoms with van der Waals surface area (Å²) in [5, 5.41) is 11.6. The minimum atomic E-state index is -0.954. The van der Waals surface area contributed by atoms with Crippen LogP contribution >= 0.6 is 35.3 Å². The number of carbonyl (C=O) groups is 2. The minimum absolute atomic E-state index is 0.0927. The van der Waals surface area contributed by atoms with Gasteiger partial charge in [0.2, 0.25) is 0 Å². The molecule has 0 radical (unpaired) electrons. The smallest absolute Gasteiger partial charge is 0.305 e. The van der Waals surface area contributed by atoms with E-state index in [2.05, 4.69) is 4.98 Å². The Bertz CT molecular complexity index is 884. The first-order chi connectivity index (χ1) is 11.9. The van der Waals surface area contributed by atoms with Gasteiger partial charge in [0.1, 0.15) is 4.32 Å². The van der Waals surface area contributed by atoms with Crippen molar-refractivity contribution >= 4 is 57.6 Å². The molecule has 0 aliphatic carbocycles. The highest BCUT2D eigenvalue weighted by Crippen LogP contribution is 2.34. The van der Waals surface area contributed by atoms with E-state index in [-0.39, 0.29) is 18.9 Å². The third-order valence-electron chi connectivity index (χ3n) is 3.79. The van der Waals surface area contributed by atoms with Gasteiger partial charge in [-0.15, -0.1) is 11.3 Å². The fourth-order valence-electron chi connectivity index (χ4n) is 2.60. The summed E-state index contributed by atoms with van der Waals surface area (Å²) in [6.07, 6.45) is 3.44. The molecule has 1 saturated heterocycles. The molecule has 0 bridgehead atoms. The standard InChI is InChI=1S/C16H15N3O3S3/c1-9-7-11(10(2)19(9)15-17-4-6-24-15)8-12-14(22)18(16(23)25-12)5-3-13(20)21/h4,6-8H,3,5H2,1-2H3,(H,20,21)/b12-8-. The van der Waals surface area contributed by atoms with E-state index >= 15 is 0 Å². The number of thiocarbonyl (C=S) groups is 1. The second kappa shape index (κ2) is 7.11. The number of hydrogen-bond acceptors (Lipinski definition) is 6. The van der Waals surface area contributed by atoms with E-state index in [4.69, 9.17) is 17.3 Å². The molecule has 9 heteroatoms. The second-order valence-corrected chi connectivity index (χ2v) is 8.00. The summed E-state index contributed by atoms with van der Waals surface area (Å²) in [6.45, 7) is 4.06. The van der Waals surface area contributed by atoms with Gasteiger partial charge in [-0.2, -0.15) is 0 Å². The Labute approximate surface area is 158 Å². The highest BCUT2D eigenvalue weighted by Gasteiger charge is 2.32. The average Bonchev–Trinajstić information content (AvgIpc) is 3.21. The van der Waals surface area contributed by atoms with Crippen molar-refractivity contribution in [2.45, 2.75) is 20.3 Å². The van der Waals surface area contributed by atoms with Crippen LogP contribution in [0.15, 0.2) is 22.5 Å². The number of thiazole rings is 1. The quantitative estimate of drug-likeness (QED) is 0.621. The molecule has 130 valence electrons. The van der Waals surface area contributed by atoms with E-state index in [0.29, 0.717) is 9.23 Å². The van der Waals surface area contributed by atoms with E-state index in [9.17, 15) is 9.59 Å². The minimum Gasteiger partial charge on any atom is -0.481 e. The summed E-state index contributed by atoms with van der Waals surface area (Å²) in [5.41, 5.74) is 2.94. The van der Waals surface area contributed by atoms with Gasteiger partial charge in [-0.3, -0.25) is 19.1 Å². The fourth-order valence-corrected chi connectivity index (χ4v) is 4.65. The van der Waals surface area contributed by atoms with E-state index in [1.54, 1.807) is 17.5 Å². The monoisotopic (exact) mass is 393 g/mol. The van der Waals surface area contributed by atoms with Gasteiger partial charge in [0.05, 0.1) is 11.3 Å². The molecule has 3 heterocycles. The van der Waals surface area contributed by atoms with Gasteiger partial charge >= 0.3 is 5.97 Å². The van der Waals surface area contributed by atoms with Gasteiger partial charge in [0.25, 0.3) is 5.91 Å². The lowest BCUT2D eigenvalue weighted by Crippen LogP contribution is -2.30. The van der Waals surface area contributed by atoms with Crippen molar-refractivity contribution in [1.29, 1.82) is 0 Å². The summed E-state index contributed by atoms with van der Waals surface area (Å²) >= 11 is 7.96. The Hall–Kier alpha value is -1.97. The number of aliphatic carboxylic acids is 1. The molecule has 2 aromatic heterocycles. The van der Waals surface area contributed by atoms with Gasteiger partial charge < -0.3 is 5.11 Å². The highest BCUT2D eigenvalue weighted by atomic mass is 32.2. The van der Waals surface area contributed by atoms with Crippen LogP contribution < -0.4 is 0 Å². The van der Waals surface area contributed by atoms with Crippen LogP contribution in [0.1, 0.15) is 23.4 Å². The molecule has 0 unspecified atom stereocenters. The van der Waals surface area contributed by atoms with Crippen LogP contribution in [0.4, 0.5) is 0 Å². The predicted molar refractivity (Wildman–Crippen MR) is 103 cm³/mol. The van der Waals surface area contributed by atoms with Crippen molar-refractivity contribution in [2.75, 3.05) is 6.54 Å². The lowest BCUT2D eigenvalue weighted by Gasteiger charge is -2.12. The number of aryl methyl sites for hydroxylation is 1. The number of carboxylic acids is 1. The molecule has 1 fully saturated rings. The molecular weight excluding hydrogens is 378 g/mol. The van der Waals surface area contributed by atoms with Crippen molar-refractivity contribution in [3.63, 3.8) is 0 Å². The summed E-state index contributed by atoms with van der Waals surface area (Å²) < 4.78 is 2.44. The molecule has 0 atom stereocenters. The Kier molecular flexibility index (Phi) is 5.07. The first-order valence-electron chi connectivity index (χ1n) is 7.44. The number of hydrogen-bond donors (Lipinski definition) is 1. The number of aromatic nitrogens is 2. The Morgan fingerprint density at radius 1 is 1.44 bits per heavy atom. The zero-order valence-electron chi connectivity index (χ0n) is 13.6. The number of rotatable bonds is 5. The van der Waals surface area contributed by atoms with Crippen molar-refractivity contribution in [1.82, 2.24) is 14.5 Å². The van der Waals surface area contributed by atoms with Gasteiger partial charge in [-0.25, -0.2) is 4.98 Å². The summed E-state index contributed by atoms with van der Waals surface area (Å²) in [6, 6.07) is 2.00. The van der Waals surface area contributed by atoms with Crippen LogP contribution in [0.3, 0.4) is 0 Å². The van der Waals surface area contributed by atoms with E-state index in [1.807, 2.05) is 35.9 Å². The van der Waals surface area contributed by atoms with Crippen LogP contribution in [0, 0.1) is 13.8 Å². The first kappa shape index (κ1) is 17.8. The molecule has 3 rings (SSSR count). The number of carbonyl (C=O) groups excluding carboxylic acids is 1. The molecule has 25 heavy (non-hydrogen) atoms. The molecule has 1 amide bonds. The maximum absolute atomic E-state index is 12.5. The SMILES string of the molecule is Cc1cc(/C=C2\SC(=S)N(CCC(=O)O)C2=O)c(C)n1-c1nccs1. The Morgan fingerprint density at radius 2 is 2.20 bits per heavy atom. The van der Waals surface area contributed by atoms with Crippen LogP contribution in [-0.2, 0) is 9.59 Å². The predicted octanol–water partition coefficient (Wildman–Crippen LogP) is 3.23. The van der Waals surface area contributed by atoms with Crippen molar-refractivity contribution in [2.24, 2.45) is 0 Å². The molecule has 1 N–H and O–H groups in total. The Balaban J connectivity index is 1.89. The second-order valence-electron chi connectivity index (χ2n) is 5.45. The topological polar surface area (TPSA) is 75.4 Å². The third kappa shape index (κ3) is 3.53. The van der Waals surface area contributed by atoms with Crippen molar-refractivity contribution in [3.8, 4) is 5.13 Å². The molecule has 0 saturated carbocycles. The van der Waals surface area contributed by atoms with Crippen LogP contribution in [0.5, 0.6) is 0 Å². The van der Waals surface area contributed by atoms with Crippen LogP contribution in [0.25, 0.3) is 11.2 Å². The number of nitrogens with zero attached hydrogens (tertiary/aromatic N) is 3. The molecule has 0 spiro atoms. The first-order valence-corrected chi connectivity index (χ1v) is 9.55. The van der Waals surface area contributed by atoms with Gasteiger partial charge in [-0.1, -0.05) is 24.0 Å². The van der Waals surface area contributed by atoms with E-state index < -0.39 is 5.97 Å².